The molecule has 0 bridgehead atoms. The molecule has 0 spiro atoms. The minimum absolute atomic E-state index is 0.0248. The Bertz CT molecular complexity index is 870. The first kappa shape index (κ1) is 20.5. The average Bonchev–Trinajstić information content (AvgIpc) is 2.65. The van der Waals surface area contributed by atoms with Gasteiger partial charge < -0.3 is 15.2 Å². The molecule has 152 valence electrons. The molecule has 0 saturated carbocycles. The van der Waals surface area contributed by atoms with Gasteiger partial charge in [-0.25, -0.2) is 4.39 Å². The Morgan fingerprint density at radius 2 is 2.04 bits per heavy atom. The van der Waals surface area contributed by atoms with Crippen molar-refractivity contribution in [3.8, 4) is 0 Å². The number of carbonyl (C=O) groups is 1. The highest BCUT2D eigenvalue weighted by Gasteiger charge is 2.20. The summed E-state index contributed by atoms with van der Waals surface area (Å²) in [6.07, 6.45) is 2.89. The second kappa shape index (κ2) is 9.32. The molecule has 1 aromatic heterocycles. The number of hydrogen-bond donors (Lipinski definition) is 2. The lowest BCUT2D eigenvalue weighted by atomic mass is 9.96. The Balaban J connectivity index is 1.45. The van der Waals surface area contributed by atoms with Gasteiger partial charge in [-0.1, -0.05) is 13.8 Å². The van der Waals surface area contributed by atoms with Crippen molar-refractivity contribution in [1.82, 2.24) is 15.2 Å². The molecule has 1 fully saturated rings. The zero-order chi connectivity index (χ0) is 20.1. The predicted molar refractivity (Wildman–Crippen MR) is 110 cm³/mol. The standard InChI is InChI=1S/C22H30FN3O2/c1-15(2)14-26-9-7-16(8-10-26)13-24-21(27)6-4-18-11-17-3-5-19(23)12-20(17)25-22(18)28/h3,5,11-12,15-16H,4,6-10,13-14H2,1-2H3,(H,24,27)(H,25,28). The quantitative estimate of drug-likeness (QED) is 0.767. The van der Waals surface area contributed by atoms with E-state index in [-0.39, 0.29) is 23.7 Å². The maximum atomic E-state index is 13.3. The highest BCUT2D eigenvalue weighted by atomic mass is 19.1. The van der Waals surface area contributed by atoms with Crippen LogP contribution < -0.4 is 10.9 Å². The molecule has 2 aromatic rings. The number of pyridine rings is 1. The van der Waals surface area contributed by atoms with Gasteiger partial charge in [0.1, 0.15) is 5.82 Å². The third-order valence-corrected chi connectivity index (χ3v) is 5.42. The van der Waals surface area contributed by atoms with Crippen molar-refractivity contribution in [2.75, 3.05) is 26.2 Å². The van der Waals surface area contributed by atoms with Crippen LogP contribution in [0.5, 0.6) is 0 Å². The summed E-state index contributed by atoms with van der Waals surface area (Å²) in [5.41, 5.74) is 0.765. The minimum Gasteiger partial charge on any atom is -0.356 e. The summed E-state index contributed by atoms with van der Waals surface area (Å²) in [6.45, 7) is 8.54. The van der Waals surface area contributed by atoms with E-state index in [4.69, 9.17) is 0 Å². The Labute approximate surface area is 165 Å². The number of hydrogen-bond acceptors (Lipinski definition) is 3. The molecule has 0 unspecified atom stereocenters. The van der Waals surface area contributed by atoms with Crippen molar-refractivity contribution in [3.63, 3.8) is 0 Å². The van der Waals surface area contributed by atoms with Crippen LogP contribution in [0.1, 0.15) is 38.7 Å². The second-order valence-electron chi connectivity index (χ2n) is 8.30. The van der Waals surface area contributed by atoms with Gasteiger partial charge in [-0.2, -0.15) is 0 Å². The van der Waals surface area contributed by atoms with E-state index in [0.29, 0.717) is 35.9 Å². The molecule has 0 atom stereocenters. The van der Waals surface area contributed by atoms with Crippen molar-refractivity contribution in [3.05, 3.63) is 46.0 Å². The number of likely N-dealkylation sites (tertiary alicyclic amines) is 1. The van der Waals surface area contributed by atoms with Crippen LogP contribution in [-0.2, 0) is 11.2 Å². The Morgan fingerprint density at radius 3 is 2.75 bits per heavy atom. The highest BCUT2D eigenvalue weighted by molar-refractivity contribution is 5.79. The summed E-state index contributed by atoms with van der Waals surface area (Å²) in [5, 5.41) is 3.79. The molecule has 3 rings (SSSR count). The lowest BCUT2D eigenvalue weighted by Gasteiger charge is -2.33. The Morgan fingerprint density at radius 1 is 1.29 bits per heavy atom. The smallest absolute Gasteiger partial charge is 0.251 e. The van der Waals surface area contributed by atoms with E-state index in [1.807, 2.05) is 0 Å². The summed E-state index contributed by atoms with van der Waals surface area (Å²) in [5.74, 6) is 0.813. The summed E-state index contributed by atoms with van der Waals surface area (Å²) in [7, 11) is 0. The zero-order valence-corrected chi connectivity index (χ0v) is 16.8. The first-order valence-electron chi connectivity index (χ1n) is 10.2. The lowest BCUT2D eigenvalue weighted by molar-refractivity contribution is -0.121. The van der Waals surface area contributed by atoms with Crippen LogP contribution in [0.3, 0.4) is 0 Å². The van der Waals surface area contributed by atoms with Crippen LogP contribution >= 0.6 is 0 Å². The van der Waals surface area contributed by atoms with E-state index >= 15 is 0 Å². The van der Waals surface area contributed by atoms with Crippen molar-refractivity contribution in [2.24, 2.45) is 11.8 Å². The van der Waals surface area contributed by atoms with E-state index < -0.39 is 0 Å². The number of fused-ring (bicyclic) bond motifs is 1. The van der Waals surface area contributed by atoms with Crippen LogP contribution in [0.15, 0.2) is 29.1 Å². The van der Waals surface area contributed by atoms with Gasteiger partial charge in [0.2, 0.25) is 5.91 Å². The number of nitrogens with zero attached hydrogens (tertiary/aromatic N) is 1. The number of nitrogens with one attached hydrogen (secondary N) is 2. The molecule has 5 nitrogen and oxygen atoms in total. The molecule has 28 heavy (non-hydrogen) atoms. The molecule has 2 N–H and O–H groups in total. The summed E-state index contributed by atoms with van der Waals surface area (Å²) >= 11 is 0. The number of aryl methyl sites for hydroxylation is 1. The maximum Gasteiger partial charge on any atom is 0.251 e. The summed E-state index contributed by atoms with van der Waals surface area (Å²) in [4.78, 5) is 29.6. The van der Waals surface area contributed by atoms with Crippen LogP contribution in [0.4, 0.5) is 4.39 Å². The van der Waals surface area contributed by atoms with Crippen LogP contribution in [-0.4, -0.2) is 42.0 Å². The second-order valence-corrected chi connectivity index (χ2v) is 8.30. The van der Waals surface area contributed by atoms with Gasteiger partial charge in [0, 0.05) is 25.1 Å². The molecule has 1 aliphatic heterocycles. The zero-order valence-electron chi connectivity index (χ0n) is 16.8. The van der Waals surface area contributed by atoms with Gasteiger partial charge in [0.05, 0.1) is 5.52 Å². The molecule has 1 saturated heterocycles. The molecule has 1 aromatic carbocycles. The topological polar surface area (TPSA) is 65.2 Å². The number of halogens is 1. The molecular weight excluding hydrogens is 357 g/mol. The maximum absolute atomic E-state index is 13.3. The number of aromatic amines is 1. The molecule has 0 aliphatic carbocycles. The number of carbonyl (C=O) groups excluding carboxylic acids is 1. The van der Waals surface area contributed by atoms with Crippen molar-refractivity contribution >= 4 is 16.8 Å². The molecule has 6 heteroatoms. The van der Waals surface area contributed by atoms with E-state index in [0.717, 1.165) is 37.9 Å². The number of amides is 1. The van der Waals surface area contributed by atoms with Gasteiger partial charge >= 0.3 is 0 Å². The molecule has 1 amide bonds. The van der Waals surface area contributed by atoms with Gasteiger partial charge in [-0.3, -0.25) is 9.59 Å². The highest BCUT2D eigenvalue weighted by Crippen LogP contribution is 2.17. The van der Waals surface area contributed by atoms with Crippen LogP contribution in [0.2, 0.25) is 0 Å². The van der Waals surface area contributed by atoms with Crippen LogP contribution in [0, 0.1) is 17.7 Å². The third kappa shape index (κ3) is 5.64. The fraction of sp³-hybridized carbons (Fsp3) is 0.545. The molecule has 0 radical (unpaired) electrons. The normalized spacial score (nSPS) is 16.0. The van der Waals surface area contributed by atoms with E-state index in [1.54, 1.807) is 12.1 Å². The molecule has 1 aliphatic rings. The van der Waals surface area contributed by atoms with Crippen LogP contribution in [0.25, 0.3) is 10.9 Å². The summed E-state index contributed by atoms with van der Waals surface area (Å²) < 4.78 is 13.3. The van der Waals surface area contributed by atoms with Gasteiger partial charge in [0.15, 0.2) is 0 Å². The SMILES string of the molecule is CC(C)CN1CCC(CNC(=O)CCc2cc3ccc(F)cc3[nH]c2=O)CC1. The number of piperidine rings is 1. The first-order valence-corrected chi connectivity index (χ1v) is 10.2. The number of benzene rings is 1. The number of H-pyrrole nitrogens is 1. The van der Waals surface area contributed by atoms with E-state index in [2.05, 4.69) is 29.0 Å². The fourth-order valence-corrected chi connectivity index (χ4v) is 3.89. The first-order chi connectivity index (χ1) is 13.4. The van der Waals surface area contributed by atoms with Crippen molar-refractivity contribution in [1.29, 1.82) is 0 Å². The molecular formula is C22H30FN3O2. The third-order valence-electron chi connectivity index (χ3n) is 5.42. The Kier molecular flexibility index (Phi) is 6.83. The Hall–Kier alpha value is -2.21. The largest absolute Gasteiger partial charge is 0.356 e. The monoisotopic (exact) mass is 387 g/mol. The summed E-state index contributed by atoms with van der Waals surface area (Å²) in [6, 6.07) is 6.05. The number of aromatic nitrogens is 1. The van der Waals surface area contributed by atoms with Crippen molar-refractivity contribution in [2.45, 2.75) is 39.5 Å². The van der Waals surface area contributed by atoms with Crippen molar-refractivity contribution < 1.29 is 9.18 Å². The predicted octanol–water partition coefficient (Wildman–Crippen LogP) is 3.08. The van der Waals surface area contributed by atoms with E-state index in [9.17, 15) is 14.0 Å². The lowest BCUT2D eigenvalue weighted by Crippen LogP contribution is -2.40. The minimum atomic E-state index is -0.384. The molecule has 2 heterocycles. The van der Waals surface area contributed by atoms with Gasteiger partial charge in [-0.05, 0) is 73.8 Å². The van der Waals surface area contributed by atoms with Gasteiger partial charge in [0.25, 0.3) is 5.56 Å². The van der Waals surface area contributed by atoms with Gasteiger partial charge in [-0.15, -0.1) is 0 Å². The van der Waals surface area contributed by atoms with E-state index in [1.165, 1.54) is 12.1 Å². The fourth-order valence-electron chi connectivity index (χ4n) is 3.89. The number of rotatable bonds is 7. The average molecular weight is 387 g/mol.